The summed E-state index contributed by atoms with van der Waals surface area (Å²) >= 11 is 1.66. The fourth-order valence-corrected chi connectivity index (χ4v) is 5.45. The van der Waals surface area contributed by atoms with Crippen molar-refractivity contribution in [2.24, 2.45) is 11.8 Å². The van der Waals surface area contributed by atoms with Crippen LogP contribution in [0, 0.1) is 11.8 Å². The number of methoxy groups -OCH3 is 4. The summed E-state index contributed by atoms with van der Waals surface area (Å²) in [5, 5.41) is 3.26. The second kappa shape index (κ2) is 12.4. The van der Waals surface area contributed by atoms with Crippen LogP contribution in [0.5, 0.6) is 17.2 Å². The molecule has 3 rings (SSSR count). The van der Waals surface area contributed by atoms with E-state index < -0.39 is 29.6 Å². The van der Waals surface area contributed by atoms with Gasteiger partial charge in [-0.05, 0) is 31.1 Å². The summed E-state index contributed by atoms with van der Waals surface area (Å²) in [4.78, 5) is 40.1. The van der Waals surface area contributed by atoms with Gasteiger partial charge >= 0.3 is 11.9 Å². The minimum Gasteiger partial charge on any atom is -0.496 e. The number of ketones is 1. The molecule has 1 aromatic carbocycles. The van der Waals surface area contributed by atoms with Crippen molar-refractivity contribution < 1.29 is 38.1 Å². The monoisotopic (exact) mass is 533 g/mol. The average Bonchev–Trinajstić information content (AvgIpc) is 2.89. The summed E-state index contributed by atoms with van der Waals surface area (Å²) in [6.45, 7) is 5.88. The average molecular weight is 534 g/mol. The van der Waals surface area contributed by atoms with Crippen LogP contribution in [0.3, 0.4) is 0 Å². The number of esters is 2. The molecule has 202 valence electrons. The Morgan fingerprint density at radius 2 is 1.70 bits per heavy atom. The van der Waals surface area contributed by atoms with Gasteiger partial charge in [0.25, 0.3) is 0 Å². The molecule has 0 radical (unpaired) electrons. The lowest BCUT2D eigenvalue weighted by Crippen LogP contribution is -2.43. The zero-order valence-electron chi connectivity index (χ0n) is 22.4. The summed E-state index contributed by atoms with van der Waals surface area (Å²) < 4.78 is 27.3. The van der Waals surface area contributed by atoms with E-state index in [-0.39, 0.29) is 18.1 Å². The lowest BCUT2D eigenvalue weighted by Gasteiger charge is -2.38. The normalized spacial score (nSPS) is 21.2. The van der Waals surface area contributed by atoms with Crippen LogP contribution in [-0.4, -0.2) is 64.3 Å². The predicted octanol–water partition coefficient (Wildman–Crippen LogP) is 3.62. The van der Waals surface area contributed by atoms with Gasteiger partial charge < -0.3 is 29.0 Å². The first-order valence-corrected chi connectivity index (χ1v) is 13.3. The van der Waals surface area contributed by atoms with Crippen molar-refractivity contribution in [3.05, 3.63) is 40.2 Å². The number of thioether (sulfide) groups is 1. The topological polar surface area (TPSA) is 109 Å². The van der Waals surface area contributed by atoms with E-state index in [2.05, 4.69) is 5.32 Å². The number of hydrogen-bond acceptors (Lipinski definition) is 10. The first-order chi connectivity index (χ1) is 17.7. The molecule has 1 aromatic rings. The van der Waals surface area contributed by atoms with Crippen molar-refractivity contribution in [1.82, 2.24) is 5.32 Å². The van der Waals surface area contributed by atoms with E-state index >= 15 is 0 Å². The Balaban J connectivity index is 2.23. The molecule has 1 N–H and O–H groups in total. The maximum atomic E-state index is 13.9. The Morgan fingerprint density at radius 3 is 2.30 bits per heavy atom. The molecule has 0 saturated heterocycles. The van der Waals surface area contributed by atoms with Crippen molar-refractivity contribution in [2.75, 3.05) is 46.6 Å². The number of dihydropyridines is 1. The minimum absolute atomic E-state index is 0.228. The zero-order valence-corrected chi connectivity index (χ0v) is 23.2. The van der Waals surface area contributed by atoms with E-state index in [1.54, 1.807) is 30.8 Å². The molecular formula is C27H35NO8S. The Bertz CT molecular complexity index is 1130. The van der Waals surface area contributed by atoms with Gasteiger partial charge in [0.05, 0.1) is 39.9 Å². The van der Waals surface area contributed by atoms with Gasteiger partial charge in [-0.25, -0.2) is 4.79 Å². The number of hydrogen-bond donors (Lipinski definition) is 1. The van der Waals surface area contributed by atoms with Crippen molar-refractivity contribution in [3.63, 3.8) is 0 Å². The summed E-state index contributed by atoms with van der Waals surface area (Å²) in [5.41, 5.74) is 2.35. The number of carbonyl (C=O) groups excluding carboxylic acids is 3. The first kappa shape index (κ1) is 28.4. The van der Waals surface area contributed by atoms with Gasteiger partial charge in [0.15, 0.2) is 17.3 Å². The Labute approximate surface area is 221 Å². The van der Waals surface area contributed by atoms with E-state index in [0.717, 1.165) is 5.75 Å². The highest BCUT2D eigenvalue weighted by Crippen LogP contribution is 2.49. The molecule has 9 nitrogen and oxygen atoms in total. The highest BCUT2D eigenvalue weighted by atomic mass is 32.2. The van der Waals surface area contributed by atoms with Crippen molar-refractivity contribution in [3.8, 4) is 17.2 Å². The summed E-state index contributed by atoms with van der Waals surface area (Å²) in [7, 11) is 5.78. The molecule has 0 bridgehead atoms. The largest absolute Gasteiger partial charge is 0.496 e. The molecule has 0 fully saturated rings. The van der Waals surface area contributed by atoms with Crippen LogP contribution in [0.4, 0.5) is 0 Å². The predicted molar refractivity (Wildman–Crippen MR) is 140 cm³/mol. The van der Waals surface area contributed by atoms with Gasteiger partial charge in [-0.15, -0.1) is 0 Å². The molecule has 10 heteroatoms. The first-order valence-electron chi connectivity index (χ1n) is 12.1. The minimum atomic E-state index is -0.990. The fourth-order valence-electron chi connectivity index (χ4n) is 4.96. The lowest BCUT2D eigenvalue weighted by molar-refractivity contribution is -0.151. The van der Waals surface area contributed by atoms with Crippen LogP contribution in [0.15, 0.2) is 34.7 Å². The van der Waals surface area contributed by atoms with Crippen molar-refractivity contribution >= 4 is 29.5 Å². The van der Waals surface area contributed by atoms with Crippen molar-refractivity contribution in [2.45, 2.75) is 33.1 Å². The molecule has 2 aliphatic rings. The quantitative estimate of drug-likeness (QED) is 0.272. The van der Waals surface area contributed by atoms with E-state index in [0.29, 0.717) is 52.0 Å². The molecular weight excluding hydrogens is 498 g/mol. The standard InChI is InChI=1S/C27H35NO8S/c1-8-37-10-9-36-27(31)22-15(3)28-17-11-14(2)21(26(30)35-7)25(29)24(17)23(22)16-12-19(33-5)20(34-6)13-18(16)32-4/h12-14,21,23,28H,8-11H2,1-7H3/t14-,21-,23-/m1/s1. The fraction of sp³-hybridized carbons (Fsp3) is 0.519. The van der Waals surface area contributed by atoms with Gasteiger partial charge in [0, 0.05) is 34.3 Å². The Kier molecular flexibility index (Phi) is 9.53. The molecule has 0 aromatic heterocycles. The van der Waals surface area contributed by atoms with Crippen LogP contribution >= 0.6 is 11.8 Å². The molecule has 37 heavy (non-hydrogen) atoms. The number of benzene rings is 1. The van der Waals surface area contributed by atoms with Gasteiger partial charge in [0.2, 0.25) is 0 Å². The van der Waals surface area contributed by atoms with Gasteiger partial charge in [-0.3, -0.25) is 9.59 Å². The molecule has 0 unspecified atom stereocenters. The third-order valence-corrected chi connectivity index (χ3v) is 7.54. The van der Waals surface area contributed by atoms with E-state index in [9.17, 15) is 14.4 Å². The number of ether oxygens (including phenoxy) is 5. The van der Waals surface area contributed by atoms with Gasteiger partial charge in [-0.1, -0.05) is 13.8 Å². The SMILES string of the molecule is CCSCCOC(=O)C1=C(C)NC2=C(C(=O)[C@H](C(=O)OC)[C@H](C)C2)[C@@H]1c1cc(OC)c(OC)cc1OC. The van der Waals surface area contributed by atoms with E-state index in [1.165, 1.54) is 28.4 Å². The second-order valence-electron chi connectivity index (χ2n) is 8.82. The summed E-state index contributed by atoms with van der Waals surface area (Å²) in [6, 6.07) is 3.35. The van der Waals surface area contributed by atoms with Crippen molar-refractivity contribution in [1.29, 1.82) is 0 Å². The van der Waals surface area contributed by atoms with E-state index in [4.69, 9.17) is 23.7 Å². The number of rotatable bonds is 10. The number of carbonyl (C=O) groups is 3. The number of Topliss-reactive ketones (excluding diaryl/α,β-unsaturated/α-hetero) is 1. The zero-order chi connectivity index (χ0) is 27.3. The Hall–Kier alpha value is -3.14. The van der Waals surface area contributed by atoms with Crippen LogP contribution in [0.25, 0.3) is 0 Å². The highest BCUT2D eigenvalue weighted by molar-refractivity contribution is 7.99. The summed E-state index contributed by atoms with van der Waals surface area (Å²) in [6.07, 6.45) is 0.430. The van der Waals surface area contributed by atoms with Gasteiger partial charge in [0.1, 0.15) is 18.3 Å². The van der Waals surface area contributed by atoms with Crippen LogP contribution in [-0.2, 0) is 23.9 Å². The third kappa shape index (κ3) is 5.58. The number of allylic oxidation sites excluding steroid dienone is 3. The maximum absolute atomic E-state index is 13.9. The molecule has 0 spiro atoms. The number of nitrogens with one attached hydrogen (secondary N) is 1. The summed E-state index contributed by atoms with van der Waals surface area (Å²) in [5.74, 6) is -0.873. The molecule has 1 aliphatic heterocycles. The maximum Gasteiger partial charge on any atom is 0.336 e. The second-order valence-corrected chi connectivity index (χ2v) is 10.2. The molecule has 0 amide bonds. The Morgan fingerprint density at radius 1 is 1.05 bits per heavy atom. The highest BCUT2D eigenvalue weighted by Gasteiger charge is 2.48. The molecule has 0 saturated carbocycles. The van der Waals surface area contributed by atoms with E-state index in [1.807, 2.05) is 13.8 Å². The van der Waals surface area contributed by atoms with Crippen LogP contribution in [0.2, 0.25) is 0 Å². The van der Waals surface area contributed by atoms with Crippen LogP contribution in [0.1, 0.15) is 38.7 Å². The molecule has 3 atom stereocenters. The molecule has 1 heterocycles. The van der Waals surface area contributed by atoms with Gasteiger partial charge in [-0.2, -0.15) is 11.8 Å². The molecule has 1 aliphatic carbocycles. The smallest absolute Gasteiger partial charge is 0.336 e. The lowest BCUT2D eigenvalue weighted by atomic mass is 9.69. The third-order valence-electron chi connectivity index (χ3n) is 6.67. The van der Waals surface area contributed by atoms with Crippen LogP contribution < -0.4 is 19.5 Å².